The van der Waals surface area contributed by atoms with Crippen molar-refractivity contribution in [3.05, 3.63) is 0 Å². The van der Waals surface area contributed by atoms with Crippen molar-refractivity contribution in [1.82, 2.24) is 0 Å². The fourth-order valence-corrected chi connectivity index (χ4v) is 1.52. The summed E-state index contributed by atoms with van der Waals surface area (Å²) in [5.74, 6) is 1.18. The van der Waals surface area contributed by atoms with E-state index in [1.807, 2.05) is 0 Å². The average Bonchev–Trinajstić information content (AvgIpc) is 1.95. The summed E-state index contributed by atoms with van der Waals surface area (Å²) in [6, 6.07) is 0. The summed E-state index contributed by atoms with van der Waals surface area (Å²) in [4.78, 5) is 10.8. The smallest absolute Gasteiger partial charge is 0.132 e. The molecule has 0 atom stereocenters. The Balaban J connectivity index is 0.000001000. The molecular weight excluding hydrogens is 162 g/mol. The van der Waals surface area contributed by atoms with Crippen LogP contribution in [0, 0.1) is 5.92 Å². The topological polar surface area (TPSA) is 43.1 Å². The van der Waals surface area contributed by atoms with Gasteiger partial charge in [0.2, 0.25) is 0 Å². The predicted octanol–water partition coefficient (Wildman–Crippen LogP) is 1.52. The lowest BCUT2D eigenvalue weighted by Crippen LogP contribution is -2.16. The molecule has 1 fully saturated rings. The number of nitrogens with two attached hydrogens (primary N) is 1. The predicted molar refractivity (Wildman–Crippen MR) is 47.9 cm³/mol. The van der Waals surface area contributed by atoms with E-state index in [2.05, 4.69) is 0 Å². The molecule has 1 rings (SSSR count). The van der Waals surface area contributed by atoms with Crippen molar-refractivity contribution in [3.63, 3.8) is 0 Å². The largest absolute Gasteiger partial charge is 0.330 e. The van der Waals surface area contributed by atoms with E-state index in [1.165, 1.54) is 0 Å². The van der Waals surface area contributed by atoms with E-state index >= 15 is 0 Å². The minimum absolute atomic E-state index is 0. The summed E-state index contributed by atoms with van der Waals surface area (Å²) in [6.07, 6.45) is 4.86. The molecule has 1 saturated carbocycles. The third kappa shape index (κ3) is 3.73. The summed E-state index contributed by atoms with van der Waals surface area (Å²) >= 11 is 0. The van der Waals surface area contributed by atoms with Crippen LogP contribution in [0.15, 0.2) is 0 Å². The lowest BCUT2D eigenvalue weighted by atomic mass is 9.86. The zero-order chi connectivity index (χ0) is 7.40. The molecule has 0 heterocycles. The summed E-state index contributed by atoms with van der Waals surface area (Å²) in [5, 5.41) is 0. The Labute approximate surface area is 73.9 Å². The first kappa shape index (κ1) is 10.9. The molecular formula is C8H16ClNO. The number of halogens is 1. The number of hydrogen-bond donors (Lipinski definition) is 1. The van der Waals surface area contributed by atoms with Crippen molar-refractivity contribution in [2.75, 3.05) is 6.54 Å². The Morgan fingerprint density at radius 1 is 1.36 bits per heavy atom. The van der Waals surface area contributed by atoms with Gasteiger partial charge in [-0.3, -0.25) is 4.79 Å². The fraction of sp³-hybridized carbons (Fsp3) is 0.875. The maximum atomic E-state index is 10.8. The highest BCUT2D eigenvalue weighted by atomic mass is 35.5. The molecule has 0 aromatic rings. The van der Waals surface area contributed by atoms with Gasteiger partial charge in [0.25, 0.3) is 0 Å². The maximum absolute atomic E-state index is 10.8. The molecule has 66 valence electrons. The van der Waals surface area contributed by atoms with Crippen molar-refractivity contribution in [2.24, 2.45) is 11.7 Å². The molecule has 0 aliphatic heterocycles. The highest BCUT2D eigenvalue weighted by molar-refractivity contribution is 5.85. The van der Waals surface area contributed by atoms with Crippen molar-refractivity contribution < 1.29 is 4.79 Å². The third-order valence-corrected chi connectivity index (χ3v) is 2.24. The van der Waals surface area contributed by atoms with E-state index in [4.69, 9.17) is 5.73 Å². The summed E-state index contributed by atoms with van der Waals surface area (Å²) in [5.41, 5.74) is 5.41. The monoisotopic (exact) mass is 177 g/mol. The first-order valence-electron chi connectivity index (χ1n) is 4.04. The molecule has 0 saturated heterocycles. The molecule has 0 radical (unpaired) electrons. The lowest BCUT2D eigenvalue weighted by Gasteiger charge is -2.19. The third-order valence-electron chi connectivity index (χ3n) is 2.24. The Hall–Kier alpha value is -0.0800. The van der Waals surface area contributed by atoms with E-state index in [1.54, 1.807) is 0 Å². The number of carbonyl (C=O) groups is 1. The average molecular weight is 178 g/mol. The number of Topliss-reactive ketones (excluding diaryl/α,β-unsaturated/α-hetero) is 1. The molecule has 0 spiro atoms. The summed E-state index contributed by atoms with van der Waals surface area (Å²) < 4.78 is 0. The van der Waals surface area contributed by atoms with E-state index < -0.39 is 0 Å². The van der Waals surface area contributed by atoms with E-state index in [0.29, 0.717) is 5.78 Å². The van der Waals surface area contributed by atoms with Gasteiger partial charge in [0, 0.05) is 12.8 Å². The number of carbonyl (C=O) groups excluding carboxylic acids is 1. The van der Waals surface area contributed by atoms with Crippen LogP contribution in [0.2, 0.25) is 0 Å². The SMILES string of the molecule is Cl.NCCC1CCC(=O)CC1. The molecule has 1 aliphatic rings. The van der Waals surface area contributed by atoms with Gasteiger partial charge in [0.05, 0.1) is 0 Å². The molecule has 0 bridgehead atoms. The molecule has 2 nitrogen and oxygen atoms in total. The van der Waals surface area contributed by atoms with Gasteiger partial charge in [0.1, 0.15) is 5.78 Å². The Morgan fingerprint density at radius 2 is 1.91 bits per heavy atom. The first-order chi connectivity index (χ1) is 4.83. The van der Waals surface area contributed by atoms with Gasteiger partial charge in [-0.25, -0.2) is 0 Å². The molecule has 2 N–H and O–H groups in total. The number of ketones is 1. The van der Waals surface area contributed by atoms with Crippen LogP contribution < -0.4 is 5.73 Å². The quantitative estimate of drug-likeness (QED) is 0.695. The molecule has 0 amide bonds. The Bertz CT molecular complexity index is 117. The second kappa shape index (κ2) is 5.56. The maximum Gasteiger partial charge on any atom is 0.132 e. The van der Waals surface area contributed by atoms with E-state index in [-0.39, 0.29) is 12.4 Å². The van der Waals surface area contributed by atoms with Gasteiger partial charge in [-0.15, -0.1) is 12.4 Å². The Kier molecular flexibility index (Phi) is 5.51. The molecule has 0 aromatic carbocycles. The van der Waals surface area contributed by atoms with Crippen molar-refractivity contribution >= 4 is 18.2 Å². The van der Waals surface area contributed by atoms with Crippen molar-refractivity contribution in [1.29, 1.82) is 0 Å². The first-order valence-corrected chi connectivity index (χ1v) is 4.04. The van der Waals surface area contributed by atoms with Crippen LogP contribution in [0.25, 0.3) is 0 Å². The van der Waals surface area contributed by atoms with Gasteiger partial charge in [-0.05, 0) is 31.7 Å². The van der Waals surface area contributed by atoms with Crippen molar-refractivity contribution in [2.45, 2.75) is 32.1 Å². The summed E-state index contributed by atoms with van der Waals surface area (Å²) in [6.45, 7) is 0.777. The van der Waals surface area contributed by atoms with Gasteiger partial charge < -0.3 is 5.73 Å². The second-order valence-corrected chi connectivity index (χ2v) is 3.06. The van der Waals surface area contributed by atoms with Crippen LogP contribution in [0.1, 0.15) is 32.1 Å². The molecule has 3 heteroatoms. The lowest BCUT2D eigenvalue weighted by molar-refractivity contribution is -0.121. The van der Waals surface area contributed by atoms with Gasteiger partial charge in [0.15, 0.2) is 0 Å². The van der Waals surface area contributed by atoms with Crippen molar-refractivity contribution in [3.8, 4) is 0 Å². The van der Waals surface area contributed by atoms with Crippen LogP contribution >= 0.6 is 12.4 Å². The molecule has 0 unspecified atom stereocenters. The van der Waals surface area contributed by atoms with Crippen LogP contribution in [-0.2, 0) is 4.79 Å². The van der Waals surface area contributed by atoms with E-state index in [0.717, 1.165) is 44.6 Å². The van der Waals surface area contributed by atoms with Gasteiger partial charge >= 0.3 is 0 Å². The van der Waals surface area contributed by atoms with Gasteiger partial charge in [-0.1, -0.05) is 0 Å². The fourth-order valence-electron chi connectivity index (χ4n) is 1.52. The van der Waals surface area contributed by atoms with Crippen LogP contribution in [0.5, 0.6) is 0 Å². The highest BCUT2D eigenvalue weighted by Crippen LogP contribution is 2.23. The number of hydrogen-bond acceptors (Lipinski definition) is 2. The van der Waals surface area contributed by atoms with Gasteiger partial charge in [-0.2, -0.15) is 0 Å². The normalized spacial score (nSPS) is 19.5. The molecule has 11 heavy (non-hydrogen) atoms. The molecule has 0 aromatic heterocycles. The zero-order valence-corrected chi connectivity index (χ0v) is 7.53. The van der Waals surface area contributed by atoms with E-state index in [9.17, 15) is 4.79 Å². The van der Waals surface area contributed by atoms with Crippen LogP contribution in [0.4, 0.5) is 0 Å². The number of rotatable bonds is 2. The minimum atomic E-state index is 0. The standard InChI is InChI=1S/C8H15NO.ClH/c9-6-5-7-1-3-8(10)4-2-7;/h7H,1-6,9H2;1H. The van der Waals surface area contributed by atoms with Crippen LogP contribution in [-0.4, -0.2) is 12.3 Å². The summed E-state index contributed by atoms with van der Waals surface area (Å²) in [7, 11) is 0. The Morgan fingerprint density at radius 3 is 2.36 bits per heavy atom. The second-order valence-electron chi connectivity index (χ2n) is 3.06. The minimum Gasteiger partial charge on any atom is -0.330 e. The highest BCUT2D eigenvalue weighted by Gasteiger charge is 2.17. The zero-order valence-electron chi connectivity index (χ0n) is 6.71. The molecule has 1 aliphatic carbocycles. The van der Waals surface area contributed by atoms with Crippen LogP contribution in [0.3, 0.4) is 0 Å².